The fourth-order valence-corrected chi connectivity index (χ4v) is 4.06. The average molecular weight is 519 g/mol. The molecule has 0 spiro atoms. The van der Waals surface area contributed by atoms with Crippen molar-refractivity contribution in [2.45, 2.75) is 44.5 Å². The zero-order chi connectivity index (χ0) is 26.2. The van der Waals surface area contributed by atoms with Crippen molar-refractivity contribution in [3.8, 4) is 5.88 Å². The molecule has 0 bridgehead atoms. The third-order valence-electron chi connectivity index (χ3n) is 6.02. The first-order valence-electron chi connectivity index (χ1n) is 12.2. The second kappa shape index (κ2) is 12.4. The Hall–Kier alpha value is -3.81. The van der Waals surface area contributed by atoms with Crippen LogP contribution in [-0.2, 0) is 9.47 Å². The number of hydrogen-bond acceptors (Lipinski definition) is 10. The number of carbonyl (C=O) groups is 2. The monoisotopic (exact) mass is 518 g/mol. The highest BCUT2D eigenvalue weighted by molar-refractivity contribution is 5.88. The van der Waals surface area contributed by atoms with Gasteiger partial charge in [-0.05, 0) is 32.3 Å². The van der Waals surface area contributed by atoms with Crippen LogP contribution in [0.2, 0.25) is 0 Å². The van der Waals surface area contributed by atoms with E-state index < -0.39 is 24.3 Å². The van der Waals surface area contributed by atoms with Crippen LogP contribution in [0.4, 0.5) is 31.6 Å². The highest BCUT2D eigenvalue weighted by Crippen LogP contribution is 2.23. The summed E-state index contributed by atoms with van der Waals surface area (Å²) in [5.41, 5.74) is 0. The number of ether oxygens (including phenoxy) is 3. The minimum absolute atomic E-state index is 0.160. The quantitative estimate of drug-likeness (QED) is 0.561. The van der Waals surface area contributed by atoms with Crippen LogP contribution in [0, 0.1) is 0 Å². The van der Waals surface area contributed by atoms with Gasteiger partial charge >= 0.3 is 12.1 Å². The van der Waals surface area contributed by atoms with Crippen LogP contribution in [0.1, 0.15) is 26.2 Å². The van der Waals surface area contributed by atoms with E-state index in [1.165, 1.54) is 30.5 Å². The highest BCUT2D eigenvalue weighted by Gasteiger charge is 2.35. The standard InChI is InChI=1S/C23H31FN8O5/c1-3-36-20-12-26-19(11-27-20)29-22(33)31(2)17-13-32(9-7-16(17)24)21-25-8-6-18(28-21)30-23(34)37-15-5-4-10-35-14-15/h6,8,11-12,15-17H,3-5,7,9-10,13-14H2,1-2H3,(H,26,29,33)(H,25,28,30,34)/t15-,16+,17-/m0/s1. The van der Waals surface area contributed by atoms with E-state index in [2.05, 4.69) is 30.6 Å². The first kappa shape index (κ1) is 26.3. The number of anilines is 3. The Balaban J connectivity index is 1.35. The van der Waals surface area contributed by atoms with Crippen molar-refractivity contribution in [1.82, 2.24) is 24.8 Å². The van der Waals surface area contributed by atoms with Gasteiger partial charge in [0.25, 0.3) is 0 Å². The van der Waals surface area contributed by atoms with E-state index in [4.69, 9.17) is 14.2 Å². The van der Waals surface area contributed by atoms with E-state index in [-0.39, 0.29) is 30.7 Å². The lowest BCUT2D eigenvalue weighted by atomic mass is 10.0. The van der Waals surface area contributed by atoms with Crippen molar-refractivity contribution < 1.29 is 28.2 Å². The molecule has 4 rings (SSSR count). The predicted molar refractivity (Wildman–Crippen MR) is 131 cm³/mol. The molecule has 2 saturated heterocycles. The van der Waals surface area contributed by atoms with Crippen LogP contribution >= 0.6 is 0 Å². The zero-order valence-electron chi connectivity index (χ0n) is 20.8. The Labute approximate surface area is 213 Å². The Bertz CT molecular complexity index is 1060. The molecule has 37 heavy (non-hydrogen) atoms. The van der Waals surface area contributed by atoms with E-state index in [1.807, 2.05) is 6.92 Å². The molecule has 2 fully saturated rings. The second-order valence-corrected chi connectivity index (χ2v) is 8.64. The van der Waals surface area contributed by atoms with Gasteiger partial charge in [0.1, 0.15) is 18.1 Å². The van der Waals surface area contributed by atoms with Crippen molar-refractivity contribution in [3.63, 3.8) is 0 Å². The highest BCUT2D eigenvalue weighted by atomic mass is 19.1. The van der Waals surface area contributed by atoms with Gasteiger partial charge in [0, 0.05) is 32.9 Å². The molecule has 0 radical (unpaired) electrons. The van der Waals surface area contributed by atoms with E-state index in [9.17, 15) is 14.0 Å². The number of likely N-dealkylation sites (N-methyl/N-ethyl adjacent to an activating group) is 1. The van der Waals surface area contributed by atoms with Gasteiger partial charge in [0.2, 0.25) is 11.8 Å². The van der Waals surface area contributed by atoms with E-state index in [1.54, 1.807) is 11.0 Å². The van der Waals surface area contributed by atoms with Crippen LogP contribution in [0.15, 0.2) is 24.7 Å². The van der Waals surface area contributed by atoms with Gasteiger partial charge < -0.3 is 24.0 Å². The molecule has 2 aromatic heterocycles. The summed E-state index contributed by atoms with van der Waals surface area (Å²) >= 11 is 0. The lowest BCUT2D eigenvalue weighted by molar-refractivity contribution is -0.0123. The van der Waals surface area contributed by atoms with Gasteiger partial charge in [-0.1, -0.05) is 0 Å². The molecule has 0 saturated carbocycles. The number of carbonyl (C=O) groups excluding carboxylic acids is 2. The Morgan fingerprint density at radius 2 is 2.08 bits per heavy atom. The molecule has 2 aliphatic heterocycles. The molecule has 13 nitrogen and oxygen atoms in total. The summed E-state index contributed by atoms with van der Waals surface area (Å²) in [7, 11) is 1.52. The number of rotatable bonds is 7. The SMILES string of the molecule is CCOc1cnc(NC(=O)N(C)[C@H]2CN(c3nccc(NC(=O)O[C@H]4CCCOC4)n3)CC[C@H]2F)cn1. The van der Waals surface area contributed by atoms with Crippen molar-refractivity contribution >= 4 is 29.7 Å². The van der Waals surface area contributed by atoms with Gasteiger partial charge in [-0.15, -0.1) is 0 Å². The fraction of sp³-hybridized carbons (Fsp3) is 0.565. The molecular formula is C23H31FN8O5. The Kier molecular flexibility index (Phi) is 8.82. The van der Waals surface area contributed by atoms with Gasteiger partial charge in [0.15, 0.2) is 5.82 Å². The number of nitrogens with zero attached hydrogens (tertiary/aromatic N) is 6. The Morgan fingerprint density at radius 1 is 1.22 bits per heavy atom. The minimum Gasteiger partial charge on any atom is -0.477 e. The van der Waals surface area contributed by atoms with E-state index in [0.717, 1.165) is 12.8 Å². The molecule has 200 valence electrons. The third kappa shape index (κ3) is 7.12. The number of urea groups is 1. The summed E-state index contributed by atoms with van der Waals surface area (Å²) in [4.78, 5) is 44.9. The number of aromatic nitrogens is 4. The maximum atomic E-state index is 14.9. The van der Waals surface area contributed by atoms with Crippen LogP contribution in [-0.4, -0.2) is 95.2 Å². The molecule has 14 heteroatoms. The van der Waals surface area contributed by atoms with Gasteiger partial charge in [-0.25, -0.2) is 28.9 Å². The summed E-state index contributed by atoms with van der Waals surface area (Å²) in [6.45, 7) is 3.82. The number of piperidine rings is 1. The van der Waals surface area contributed by atoms with E-state index >= 15 is 0 Å². The maximum absolute atomic E-state index is 14.9. The average Bonchev–Trinajstić information content (AvgIpc) is 2.90. The molecule has 0 aromatic carbocycles. The van der Waals surface area contributed by atoms with Crippen molar-refractivity contribution in [2.24, 2.45) is 0 Å². The van der Waals surface area contributed by atoms with E-state index in [0.29, 0.717) is 38.2 Å². The number of amides is 3. The summed E-state index contributed by atoms with van der Waals surface area (Å²) < 4.78 is 30.8. The zero-order valence-corrected chi connectivity index (χ0v) is 20.8. The number of halogens is 1. The number of hydrogen-bond donors (Lipinski definition) is 2. The minimum atomic E-state index is -1.24. The molecule has 0 aliphatic carbocycles. The molecule has 2 aromatic rings. The summed E-state index contributed by atoms with van der Waals surface area (Å²) in [5.74, 6) is 1.12. The van der Waals surface area contributed by atoms with Crippen LogP contribution in [0.3, 0.4) is 0 Å². The van der Waals surface area contributed by atoms with Crippen LogP contribution < -0.4 is 20.3 Å². The smallest absolute Gasteiger partial charge is 0.413 e. The molecule has 2 N–H and O–H groups in total. The molecule has 3 atom stereocenters. The molecule has 2 aliphatic rings. The number of alkyl halides is 1. The van der Waals surface area contributed by atoms with Gasteiger partial charge in [0.05, 0.1) is 31.6 Å². The molecule has 4 heterocycles. The normalized spacial score (nSPS) is 21.6. The fourth-order valence-electron chi connectivity index (χ4n) is 4.06. The van der Waals surface area contributed by atoms with Crippen molar-refractivity contribution in [1.29, 1.82) is 0 Å². The lowest BCUT2D eigenvalue weighted by Crippen LogP contribution is -2.55. The summed E-state index contributed by atoms with van der Waals surface area (Å²) in [6.07, 6.45) is 3.85. The summed E-state index contributed by atoms with van der Waals surface area (Å²) in [5, 5.41) is 5.22. The van der Waals surface area contributed by atoms with Crippen molar-refractivity contribution in [2.75, 3.05) is 55.5 Å². The molecular weight excluding hydrogens is 487 g/mol. The van der Waals surface area contributed by atoms with Crippen molar-refractivity contribution in [3.05, 3.63) is 24.7 Å². The first-order chi connectivity index (χ1) is 17.9. The molecule has 0 unspecified atom stereocenters. The maximum Gasteiger partial charge on any atom is 0.413 e. The van der Waals surface area contributed by atoms with Gasteiger partial charge in [-0.3, -0.25) is 10.6 Å². The predicted octanol–water partition coefficient (Wildman–Crippen LogP) is 2.47. The number of nitrogens with one attached hydrogen (secondary N) is 2. The second-order valence-electron chi connectivity index (χ2n) is 8.64. The third-order valence-corrected chi connectivity index (χ3v) is 6.02. The first-order valence-corrected chi connectivity index (χ1v) is 12.2. The lowest BCUT2D eigenvalue weighted by Gasteiger charge is -2.39. The van der Waals surface area contributed by atoms with Gasteiger partial charge in [-0.2, -0.15) is 4.98 Å². The summed E-state index contributed by atoms with van der Waals surface area (Å²) in [6, 6.07) is 0.249. The Morgan fingerprint density at radius 3 is 2.81 bits per heavy atom. The van der Waals surface area contributed by atoms with Crippen LogP contribution in [0.5, 0.6) is 5.88 Å². The topological polar surface area (TPSA) is 144 Å². The largest absolute Gasteiger partial charge is 0.477 e. The molecule has 3 amide bonds. The van der Waals surface area contributed by atoms with Crippen LogP contribution in [0.25, 0.3) is 0 Å².